The van der Waals surface area contributed by atoms with E-state index in [4.69, 9.17) is 0 Å². The van der Waals surface area contributed by atoms with Gasteiger partial charge in [0.1, 0.15) is 0 Å². The molecule has 134 valence electrons. The van der Waals surface area contributed by atoms with Gasteiger partial charge in [0.2, 0.25) is 5.95 Å². The third kappa shape index (κ3) is 3.72. The molecule has 0 saturated carbocycles. The first-order valence-electron chi connectivity index (χ1n) is 8.36. The molecule has 0 saturated heterocycles. The summed E-state index contributed by atoms with van der Waals surface area (Å²) in [6.07, 6.45) is 3.43. The number of nitrogens with one attached hydrogen (secondary N) is 1. The molecular weight excluding hydrogens is 328 g/mol. The van der Waals surface area contributed by atoms with Gasteiger partial charge < -0.3 is 10.2 Å². The molecule has 26 heavy (non-hydrogen) atoms. The van der Waals surface area contributed by atoms with E-state index < -0.39 is 0 Å². The second-order valence-corrected chi connectivity index (χ2v) is 6.21. The highest BCUT2D eigenvalue weighted by Crippen LogP contribution is 2.15. The third-order valence-electron chi connectivity index (χ3n) is 4.06. The van der Waals surface area contributed by atoms with Crippen molar-refractivity contribution in [2.45, 2.75) is 20.4 Å². The monoisotopic (exact) mass is 350 g/mol. The fourth-order valence-corrected chi connectivity index (χ4v) is 2.77. The van der Waals surface area contributed by atoms with E-state index in [1.54, 1.807) is 31.4 Å². The van der Waals surface area contributed by atoms with Gasteiger partial charge in [-0.15, -0.1) is 0 Å². The minimum atomic E-state index is -0.0531. The molecule has 7 nitrogen and oxygen atoms in total. The Bertz CT molecular complexity index is 899. The number of aryl methyl sites for hydroxylation is 2. The van der Waals surface area contributed by atoms with Crippen LogP contribution in [0, 0.1) is 13.8 Å². The lowest BCUT2D eigenvalue weighted by Crippen LogP contribution is -2.26. The summed E-state index contributed by atoms with van der Waals surface area (Å²) in [5.41, 5.74) is 4.47. The van der Waals surface area contributed by atoms with Crippen LogP contribution in [-0.4, -0.2) is 44.7 Å². The second kappa shape index (κ2) is 7.35. The van der Waals surface area contributed by atoms with Crippen molar-refractivity contribution in [1.29, 1.82) is 0 Å². The first-order chi connectivity index (χ1) is 12.5. The summed E-state index contributed by atoms with van der Waals surface area (Å²) in [5.74, 6) is 0.505. The molecule has 0 aliphatic heterocycles. The molecule has 0 aliphatic carbocycles. The fourth-order valence-electron chi connectivity index (χ4n) is 2.77. The van der Waals surface area contributed by atoms with Crippen molar-refractivity contribution in [3.63, 3.8) is 0 Å². The zero-order valence-corrected chi connectivity index (χ0v) is 15.4. The number of rotatable bonds is 5. The first-order valence-corrected chi connectivity index (χ1v) is 8.36. The molecular formula is C19H22N6O. The van der Waals surface area contributed by atoms with Crippen molar-refractivity contribution < 1.29 is 4.79 Å². The molecule has 1 amide bonds. The van der Waals surface area contributed by atoms with E-state index in [1.807, 2.05) is 48.9 Å². The summed E-state index contributed by atoms with van der Waals surface area (Å²) >= 11 is 0. The molecule has 3 rings (SSSR count). The van der Waals surface area contributed by atoms with E-state index in [0.717, 1.165) is 22.6 Å². The zero-order valence-electron chi connectivity index (χ0n) is 15.4. The summed E-state index contributed by atoms with van der Waals surface area (Å²) in [6, 6.07) is 9.49. The Labute approximate surface area is 152 Å². The summed E-state index contributed by atoms with van der Waals surface area (Å²) in [7, 11) is 3.53. The molecule has 0 fully saturated rings. The Morgan fingerprint density at radius 1 is 1.15 bits per heavy atom. The summed E-state index contributed by atoms with van der Waals surface area (Å²) in [6.45, 7) is 4.42. The van der Waals surface area contributed by atoms with Crippen molar-refractivity contribution in [2.75, 3.05) is 19.4 Å². The number of carbonyl (C=O) groups is 1. The number of benzene rings is 1. The Balaban J connectivity index is 1.71. The normalized spacial score (nSPS) is 10.6. The predicted octanol–water partition coefficient (Wildman–Crippen LogP) is 2.59. The highest BCUT2D eigenvalue weighted by atomic mass is 16.2. The lowest BCUT2D eigenvalue weighted by Gasteiger charge is -2.17. The van der Waals surface area contributed by atoms with Crippen LogP contribution in [0.4, 0.5) is 5.95 Å². The lowest BCUT2D eigenvalue weighted by atomic mass is 10.1. The number of anilines is 1. The van der Waals surface area contributed by atoms with Crippen LogP contribution in [0.25, 0.3) is 5.69 Å². The average Bonchev–Trinajstić information content (AvgIpc) is 3.00. The van der Waals surface area contributed by atoms with Crippen LogP contribution < -0.4 is 5.32 Å². The highest BCUT2D eigenvalue weighted by Gasteiger charge is 2.13. The second-order valence-electron chi connectivity index (χ2n) is 6.21. The molecule has 3 aromatic rings. The van der Waals surface area contributed by atoms with Crippen LogP contribution in [0.15, 0.2) is 42.7 Å². The maximum absolute atomic E-state index is 12.6. The van der Waals surface area contributed by atoms with Crippen LogP contribution in [0.2, 0.25) is 0 Å². The minimum absolute atomic E-state index is 0.0531. The van der Waals surface area contributed by atoms with Gasteiger partial charge in [-0.05, 0) is 44.2 Å². The maximum Gasteiger partial charge on any atom is 0.253 e. The van der Waals surface area contributed by atoms with E-state index in [0.29, 0.717) is 18.1 Å². The number of hydrogen-bond donors (Lipinski definition) is 1. The SMILES string of the molecule is CNc1ncc(CN(C)C(=O)c2ccc(-n3nc(C)cc3C)cc2)cn1. The average molecular weight is 350 g/mol. The van der Waals surface area contributed by atoms with Crippen molar-refractivity contribution in [1.82, 2.24) is 24.6 Å². The van der Waals surface area contributed by atoms with E-state index in [1.165, 1.54) is 0 Å². The quantitative estimate of drug-likeness (QED) is 0.765. The van der Waals surface area contributed by atoms with Crippen LogP contribution >= 0.6 is 0 Å². The van der Waals surface area contributed by atoms with Gasteiger partial charge in [-0.3, -0.25) is 4.79 Å². The number of hydrogen-bond acceptors (Lipinski definition) is 5. The van der Waals surface area contributed by atoms with Gasteiger partial charge in [0.05, 0.1) is 11.4 Å². The number of nitrogens with zero attached hydrogens (tertiary/aromatic N) is 5. The Morgan fingerprint density at radius 3 is 2.35 bits per heavy atom. The van der Waals surface area contributed by atoms with E-state index in [-0.39, 0.29) is 5.91 Å². The Hall–Kier alpha value is -3.22. The minimum Gasteiger partial charge on any atom is -0.357 e. The van der Waals surface area contributed by atoms with Gasteiger partial charge in [-0.2, -0.15) is 5.10 Å². The first kappa shape index (κ1) is 17.6. The summed E-state index contributed by atoms with van der Waals surface area (Å²) < 4.78 is 1.87. The summed E-state index contributed by atoms with van der Waals surface area (Å²) in [4.78, 5) is 22.6. The highest BCUT2D eigenvalue weighted by molar-refractivity contribution is 5.94. The van der Waals surface area contributed by atoms with Crippen molar-refractivity contribution in [2.24, 2.45) is 0 Å². The van der Waals surface area contributed by atoms with Crippen molar-refractivity contribution in [3.8, 4) is 5.69 Å². The molecule has 2 aromatic heterocycles. The molecule has 0 radical (unpaired) electrons. The molecule has 2 heterocycles. The molecule has 0 aliphatic rings. The lowest BCUT2D eigenvalue weighted by molar-refractivity contribution is 0.0785. The largest absolute Gasteiger partial charge is 0.357 e. The van der Waals surface area contributed by atoms with Gasteiger partial charge in [0.15, 0.2) is 0 Å². The molecule has 7 heteroatoms. The Kier molecular flexibility index (Phi) is 4.97. The molecule has 0 unspecified atom stereocenters. The van der Waals surface area contributed by atoms with Crippen molar-refractivity contribution in [3.05, 3.63) is 65.2 Å². The molecule has 1 N–H and O–H groups in total. The standard InChI is InChI=1S/C19H22N6O/c1-13-9-14(2)25(23-13)17-7-5-16(6-8-17)18(26)24(4)12-15-10-21-19(20-3)22-11-15/h5-11H,12H2,1-4H3,(H,20,21,22). The molecule has 0 bridgehead atoms. The zero-order chi connectivity index (χ0) is 18.7. The third-order valence-corrected chi connectivity index (χ3v) is 4.06. The van der Waals surface area contributed by atoms with Crippen LogP contribution in [0.5, 0.6) is 0 Å². The van der Waals surface area contributed by atoms with Crippen LogP contribution in [0.1, 0.15) is 27.3 Å². The van der Waals surface area contributed by atoms with Crippen LogP contribution in [-0.2, 0) is 6.54 Å². The smallest absolute Gasteiger partial charge is 0.253 e. The van der Waals surface area contributed by atoms with Gasteiger partial charge in [0.25, 0.3) is 5.91 Å². The van der Waals surface area contributed by atoms with Gasteiger partial charge in [-0.25, -0.2) is 14.6 Å². The number of carbonyl (C=O) groups excluding carboxylic acids is 1. The van der Waals surface area contributed by atoms with E-state index >= 15 is 0 Å². The molecule has 1 aromatic carbocycles. The Morgan fingerprint density at radius 2 is 1.81 bits per heavy atom. The molecule has 0 atom stereocenters. The van der Waals surface area contributed by atoms with Crippen LogP contribution in [0.3, 0.4) is 0 Å². The predicted molar refractivity (Wildman–Crippen MR) is 100 cm³/mol. The number of aromatic nitrogens is 4. The summed E-state index contributed by atoms with van der Waals surface area (Å²) in [5, 5.41) is 7.33. The van der Waals surface area contributed by atoms with Gasteiger partial charge in [0, 0.05) is 49.9 Å². The van der Waals surface area contributed by atoms with Gasteiger partial charge >= 0.3 is 0 Å². The topological polar surface area (TPSA) is 75.9 Å². The van der Waals surface area contributed by atoms with E-state index in [9.17, 15) is 4.79 Å². The van der Waals surface area contributed by atoms with Crippen molar-refractivity contribution >= 4 is 11.9 Å². The molecule has 0 spiro atoms. The number of amides is 1. The fraction of sp³-hybridized carbons (Fsp3) is 0.263. The van der Waals surface area contributed by atoms with Gasteiger partial charge in [-0.1, -0.05) is 0 Å². The van der Waals surface area contributed by atoms with E-state index in [2.05, 4.69) is 20.4 Å². The maximum atomic E-state index is 12.6.